The van der Waals surface area contributed by atoms with Gasteiger partial charge in [-0.05, 0) is 40.5 Å². The van der Waals surface area contributed by atoms with E-state index in [1.54, 1.807) is 21.3 Å². The second-order valence-corrected chi connectivity index (χ2v) is 8.87. The minimum Gasteiger partial charge on any atom is -0.493 e. The van der Waals surface area contributed by atoms with Crippen molar-refractivity contribution in [2.75, 3.05) is 21.3 Å². The Balaban J connectivity index is 1.36. The number of hydrogen-bond acceptors (Lipinski definition) is 5. The average Bonchev–Trinajstić information content (AvgIpc) is 3.39. The van der Waals surface area contributed by atoms with Gasteiger partial charge in [0.1, 0.15) is 5.65 Å². The van der Waals surface area contributed by atoms with E-state index < -0.39 is 0 Å². The van der Waals surface area contributed by atoms with E-state index in [-0.39, 0.29) is 5.91 Å². The van der Waals surface area contributed by atoms with Gasteiger partial charge in [-0.15, -0.1) is 0 Å². The number of benzene rings is 3. The van der Waals surface area contributed by atoms with Gasteiger partial charge in [0.05, 0.1) is 27.8 Å². The molecular weight excluding hydrogens is 478 g/mol. The summed E-state index contributed by atoms with van der Waals surface area (Å²) in [5.41, 5.74) is 6.76. The van der Waals surface area contributed by atoms with Gasteiger partial charge in [-0.3, -0.25) is 4.79 Å². The molecule has 0 atom stereocenters. The summed E-state index contributed by atoms with van der Waals surface area (Å²) < 4.78 is 16.5. The van der Waals surface area contributed by atoms with Crippen LogP contribution in [0.5, 0.6) is 17.2 Å². The molecule has 0 bridgehead atoms. The van der Waals surface area contributed by atoms with Gasteiger partial charge in [0.25, 0.3) is 0 Å². The second kappa shape index (κ2) is 11.1. The summed E-state index contributed by atoms with van der Waals surface area (Å²) in [7, 11) is 4.79. The van der Waals surface area contributed by atoms with Crippen LogP contribution in [0.4, 0.5) is 0 Å². The minimum absolute atomic E-state index is 0.00213. The van der Waals surface area contributed by atoms with Gasteiger partial charge in [0, 0.05) is 35.5 Å². The largest absolute Gasteiger partial charge is 0.493 e. The number of carbonyl (C=O) groups is 1. The lowest BCUT2D eigenvalue weighted by Crippen LogP contribution is -2.24. The van der Waals surface area contributed by atoms with E-state index in [0.717, 1.165) is 44.4 Å². The first-order chi connectivity index (χ1) is 18.6. The molecule has 2 N–H and O–H groups in total. The monoisotopic (exact) mass is 507 g/mol. The normalized spacial score (nSPS) is 10.8. The van der Waals surface area contributed by atoms with E-state index in [2.05, 4.69) is 33.5 Å². The molecule has 2 heterocycles. The summed E-state index contributed by atoms with van der Waals surface area (Å²) >= 11 is 0. The molecule has 0 saturated heterocycles. The third kappa shape index (κ3) is 5.18. The number of pyridine rings is 1. The lowest BCUT2D eigenvalue weighted by Gasteiger charge is -2.14. The Morgan fingerprint density at radius 3 is 2.18 bits per heavy atom. The lowest BCUT2D eigenvalue weighted by molar-refractivity contribution is -0.120. The molecule has 1 amide bonds. The first kappa shape index (κ1) is 24.9. The molecule has 192 valence electrons. The Kier molecular flexibility index (Phi) is 7.26. The zero-order valence-corrected chi connectivity index (χ0v) is 21.6. The Labute approximate surface area is 221 Å². The number of methoxy groups -OCH3 is 3. The van der Waals surface area contributed by atoms with Crippen LogP contribution in [0.2, 0.25) is 0 Å². The van der Waals surface area contributed by atoms with E-state index in [1.807, 2.05) is 67.0 Å². The van der Waals surface area contributed by atoms with Crippen molar-refractivity contribution in [1.82, 2.24) is 15.3 Å². The molecule has 0 aliphatic heterocycles. The lowest BCUT2D eigenvalue weighted by atomic mass is 10.0. The van der Waals surface area contributed by atoms with Crippen molar-refractivity contribution in [3.8, 4) is 39.5 Å². The van der Waals surface area contributed by atoms with Crippen LogP contribution < -0.4 is 19.5 Å². The van der Waals surface area contributed by atoms with Gasteiger partial charge in [0.15, 0.2) is 11.5 Å². The highest BCUT2D eigenvalue weighted by molar-refractivity contribution is 5.96. The molecular formula is C31H29N3O4. The van der Waals surface area contributed by atoms with Crippen LogP contribution in [0.25, 0.3) is 33.3 Å². The van der Waals surface area contributed by atoms with Crippen molar-refractivity contribution >= 4 is 16.9 Å². The van der Waals surface area contributed by atoms with Crippen LogP contribution in [0.1, 0.15) is 11.1 Å². The zero-order valence-electron chi connectivity index (χ0n) is 21.6. The van der Waals surface area contributed by atoms with Crippen LogP contribution >= 0.6 is 0 Å². The van der Waals surface area contributed by atoms with Gasteiger partial charge in [-0.1, -0.05) is 54.6 Å². The maximum absolute atomic E-state index is 12.3. The minimum atomic E-state index is 0.00213. The summed E-state index contributed by atoms with van der Waals surface area (Å²) in [5.74, 6) is 1.72. The first-order valence-corrected chi connectivity index (χ1v) is 12.3. The van der Waals surface area contributed by atoms with Gasteiger partial charge in [-0.25, -0.2) is 4.98 Å². The zero-order chi connectivity index (χ0) is 26.5. The van der Waals surface area contributed by atoms with Crippen LogP contribution in [0.3, 0.4) is 0 Å². The Hall–Kier alpha value is -4.78. The van der Waals surface area contributed by atoms with Crippen molar-refractivity contribution in [3.05, 3.63) is 96.3 Å². The molecule has 7 heteroatoms. The molecule has 0 fully saturated rings. The third-order valence-corrected chi connectivity index (χ3v) is 6.49. The quantitative estimate of drug-likeness (QED) is 0.264. The van der Waals surface area contributed by atoms with Crippen LogP contribution in [0.15, 0.2) is 85.2 Å². The number of amides is 1. The highest BCUT2D eigenvalue weighted by atomic mass is 16.5. The van der Waals surface area contributed by atoms with Crippen LogP contribution in [-0.4, -0.2) is 37.2 Å². The van der Waals surface area contributed by atoms with Gasteiger partial charge < -0.3 is 24.5 Å². The van der Waals surface area contributed by atoms with Crippen molar-refractivity contribution in [3.63, 3.8) is 0 Å². The smallest absolute Gasteiger partial charge is 0.224 e. The van der Waals surface area contributed by atoms with Crippen molar-refractivity contribution in [1.29, 1.82) is 0 Å². The molecule has 0 aliphatic rings. The molecule has 3 aromatic carbocycles. The summed E-state index contributed by atoms with van der Waals surface area (Å²) in [6.45, 7) is 0.479. The molecule has 0 saturated carbocycles. The molecule has 0 radical (unpaired) electrons. The Bertz CT molecular complexity index is 1530. The molecule has 38 heavy (non-hydrogen) atoms. The summed E-state index contributed by atoms with van der Waals surface area (Å²) in [5, 5.41) is 4.00. The highest BCUT2D eigenvalue weighted by Crippen LogP contribution is 2.41. The van der Waals surface area contributed by atoms with E-state index in [4.69, 9.17) is 14.2 Å². The number of H-pyrrole nitrogens is 1. The van der Waals surface area contributed by atoms with E-state index in [1.165, 1.54) is 0 Å². The van der Waals surface area contributed by atoms with Gasteiger partial charge in [-0.2, -0.15) is 0 Å². The number of carbonyl (C=O) groups excluding carboxylic acids is 1. The first-order valence-electron chi connectivity index (χ1n) is 12.3. The Morgan fingerprint density at radius 2 is 1.53 bits per heavy atom. The molecule has 7 nitrogen and oxygen atoms in total. The molecule has 0 unspecified atom stereocenters. The molecule has 0 spiro atoms. The third-order valence-electron chi connectivity index (χ3n) is 6.49. The maximum atomic E-state index is 12.3. The number of aromatic amines is 1. The number of ether oxygens (including phenoxy) is 3. The van der Waals surface area contributed by atoms with Gasteiger partial charge >= 0.3 is 0 Å². The standard InChI is InChI=1S/C31H29N3O4/c1-36-27-15-23(16-28(37-2)30(27)38-3)24-14-25-26(19-34-31(25)33-18-24)22-11-9-21(10-12-22)17-32-29(35)13-20-7-5-4-6-8-20/h4-12,14-16,18-19H,13,17H2,1-3H3,(H,32,35)(H,33,34). The van der Waals surface area contributed by atoms with Gasteiger partial charge in [0.2, 0.25) is 11.7 Å². The number of nitrogens with one attached hydrogen (secondary N) is 2. The van der Waals surface area contributed by atoms with Crippen molar-refractivity contribution in [2.24, 2.45) is 0 Å². The molecule has 2 aromatic heterocycles. The predicted octanol–water partition coefficient (Wildman–Crippen LogP) is 5.78. The second-order valence-electron chi connectivity index (χ2n) is 8.87. The number of hydrogen-bond donors (Lipinski definition) is 2. The van der Waals surface area contributed by atoms with E-state index in [9.17, 15) is 4.79 Å². The maximum Gasteiger partial charge on any atom is 0.224 e. The van der Waals surface area contributed by atoms with Crippen molar-refractivity contribution in [2.45, 2.75) is 13.0 Å². The SMILES string of the molecule is COc1cc(-c2cnc3[nH]cc(-c4ccc(CNC(=O)Cc5ccccc5)cc4)c3c2)cc(OC)c1OC. The topological polar surface area (TPSA) is 85.5 Å². The number of rotatable bonds is 9. The summed E-state index contributed by atoms with van der Waals surface area (Å²) in [6, 6.07) is 23.9. The number of aromatic nitrogens is 2. The van der Waals surface area contributed by atoms with Crippen LogP contribution in [0, 0.1) is 0 Å². The fourth-order valence-electron chi connectivity index (χ4n) is 4.49. The van der Waals surface area contributed by atoms with E-state index in [0.29, 0.717) is 30.2 Å². The fourth-order valence-corrected chi connectivity index (χ4v) is 4.49. The molecule has 5 rings (SSSR count). The highest BCUT2D eigenvalue weighted by Gasteiger charge is 2.16. The fraction of sp³-hybridized carbons (Fsp3) is 0.161. The number of nitrogens with zero attached hydrogens (tertiary/aromatic N) is 1. The molecule has 0 aliphatic carbocycles. The van der Waals surface area contributed by atoms with E-state index >= 15 is 0 Å². The number of fused-ring (bicyclic) bond motifs is 1. The Morgan fingerprint density at radius 1 is 0.816 bits per heavy atom. The summed E-state index contributed by atoms with van der Waals surface area (Å²) in [4.78, 5) is 20.2. The molecule has 5 aromatic rings. The van der Waals surface area contributed by atoms with Crippen LogP contribution in [-0.2, 0) is 17.8 Å². The van der Waals surface area contributed by atoms with Crippen molar-refractivity contribution < 1.29 is 19.0 Å². The summed E-state index contributed by atoms with van der Waals surface area (Å²) in [6.07, 6.45) is 4.16. The average molecular weight is 508 g/mol. The predicted molar refractivity (Wildman–Crippen MR) is 149 cm³/mol.